The van der Waals surface area contributed by atoms with Crippen molar-refractivity contribution in [1.82, 2.24) is 16.0 Å². The molecule has 0 aliphatic carbocycles. The Hall–Kier alpha value is -2.24. The lowest BCUT2D eigenvalue weighted by molar-refractivity contribution is -0.142. The molecule has 0 aliphatic rings. The lowest BCUT2D eigenvalue weighted by Gasteiger charge is -2.26. The van der Waals surface area contributed by atoms with Gasteiger partial charge in [-0.05, 0) is 58.0 Å². The molecule has 180 valence electrons. The van der Waals surface area contributed by atoms with Gasteiger partial charge in [-0.1, -0.05) is 20.3 Å². The van der Waals surface area contributed by atoms with E-state index in [4.69, 9.17) is 22.3 Å². The monoisotopic (exact) mass is 444 g/mol. The lowest BCUT2D eigenvalue weighted by atomic mass is 10.0. The van der Waals surface area contributed by atoms with Crippen molar-refractivity contribution in [2.45, 2.75) is 83.5 Å². The predicted octanol–water partition coefficient (Wildman–Crippen LogP) is -1.21. The molecule has 11 heteroatoms. The van der Waals surface area contributed by atoms with Crippen molar-refractivity contribution in [1.29, 1.82) is 0 Å². The van der Waals surface area contributed by atoms with Crippen LogP contribution >= 0.6 is 0 Å². The van der Waals surface area contributed by atoms with E-state index < -0.39 is 47.9 Å². The highest BCUT2D eigenvalue weighted by Crippen LogP contribution is 2.07. The maximum atomic E-state index is 12.9. The fourth-order valence-corrected chi connectivity index (χ4v) is 2.83. The fourth-order valence-electron chi connectivity index (χ4n) is 2.83. The molecule has 0 rings (SSSR count). The number of aliphatic carboxylic acids is 1. The first-order chi connectivity index (χ1) is 14.5. The molecular formula is C20H40N6O5. The van der Waals surface area contributed by atoms with Crippen molar-refractivity contribution in [2.24, 2.45) is 23.1 Å². The summed E-state index contributed by atoms with van der Waals surface area (Å²) in [4.78, 5) is 48.8. The molecule has 0 aromatic heterocycles. The van der Waals surface area contributed by atoms with Gasteiger partial charge in [-0.3, -0.25) is 19.2 Å². The van der Waals surface area contributed by atoms with Gasteiger partial charge in [0.25, 0.3) is 0 Å². The third-order valence-electron chi connectivity index (χ3n) is 4.86. The molecule has 4 atom stereocenters. The zero-order valence-electron chi connectivity index (χ0n) is 18.9. The summed E-state index contributed by atoms with van der Waals surface area (Å²) in [6, 6.07) is -3.71. The van der Waals surface area contributed by atoms with E-state index in [1.165, 1.54) is 6.92 Å². The van der Waals surface area contributed by atoms with Crippen LogP contribution in [-0.2, 0) is 19.2 Å². The number of unbranched alkanes of at least 4 members (excludes halogenated alkanes) is 2. The zero-order chi connectivity index (χ0) is 24.0. The summed E-state index contributed by atoms with van der Waals surface area (Å²) in [7, 11) is 0. The Morgan fingerprint density at radius 1 is 0.774 bits per heavy atom. The summed E-state index contributed by atoms with van der Waals surface area (Å²) in [5.74, 6) is -3.07. The van der Waals surface area contributed by atoms with Gasteiger partial charge in [0.1, 0.15) is 18.1 Å². The first-order valence-corrected chi connectivity index (χ1v) is 10.8. The molecule has 0 fully saturated rings. The summed E-state index contributed by atoms with van der Waals surface area (Å²) in [5, 5.41) is 16.7. The van der Waals surface area contributed by atoms with E-state index in [1.54, 1.807) is 13.8 Å². The molecule has 0 heterocycles. The molecule has 3 amide bonds. The Bertz CT molecular complexity index is 586. The number of carbonyl (C=O) groups excluding carboxylic acids is 3. The van der Waals surface area contributed by atoms with Crippen LogP contribution in [0.15, 0.2) is 0 Å². The highest BCUT2D eigenvalue weighted by atomic mass is 16.4. The van der Waals surface area contributed by atoms with Crippen LogP contribution in [0.3, 0.4) is 0 Å². The second-order valence-corrected chi connectivity index (χ2v) is 8.04. The van der Waals surface area contributed by atoms with Crippen molar-refractivity contribution in [2.75, 3.05) is 13.1 Å². The Balaban J connectivity index is 5.19. The molecule has 10 N–H and O–H groups in total. The summed E-state index contributed by atoms with van der Waals surface area (Å²) < 4.78 is 0. The van der Waals surface area contributed by atoms with Crippen LogP contribution in [-0.4, -0.2) is 66.1 Å². The van der Waals surface area contributed by atoms with Crippen molar-refractivity contribution in [3.63, 3.8) is 0 Å². The van der Waals surface area contributed by atoms with Crippen LogP contribution in [0.5, 0.6) is 0 Å². The van der Waals surface area contributed by atoms with Crippen LogP contribution in [0.25, 0.3) is 0 Å². The fraction of sp³-hybridized carbons (Fsp3) is 0.800. The number of rotatable bonds is 16. The molecule has 0 spiro atoms. The number of hydrogen-bond donors (Lipinski definition) is 7. The van der Waals surface area contributed by atoms with Crippen molar-refractivity contribution in [3.05, 3.63) is 0 Å². The van der Waals surface area contributed by atoms with Crippen LogP contribution in [0.4, 0.5) is 0 Å². The number of nitrogens with one attached hydrogen (secondary N) is 3. The largest absolute Gasteiger partial charge is 0.480 e. The number of carboxylic acids is 1. The van der Waals surface area contributed by atoms with E-state index in [2.05, 4.69) is 16.0 Å². The minimum absolute atomic E-state index is 0.302. The highest BCUT2D eigenvalue weighted by Gasteiger charge is 2.30. The maximum absolute atomic E-state index is 12.9. The maximum Gasteiger partial charge on any atom is 0.325 e. The number of amides is 3. The first kappa shape index (κ1) is 28.8. The minimum Gasteiger partial charge on any atom is -0.480 e. The minimum atomic E-state index is -1.18. The Labute approximate surface area is 184 Å². The van der Waals surface area contributed by atoms with Gasteiger partial charge in [0, 0.05) is 0 Å². The molecule has 0 saturated heterocycles. The van der Waals surface area contributed by atoms with E-state index in [0.29, 0.717) is 45.2 Å². The SMILES string of the molecule is CC(NC(=O)C(NC(=O)C(CCCCN)NC(=O)C(N)CCCCN)C(C)C)C(=O)O. The molecule has 0 saturated carbocycles. The van der Waals surface area contributed by atoms with Gasteiger partial charge in [0.2, 0.25) is 17.7 Å². The first-order valence-electron chi connectivity index (χ1n) is 10.8. The molecular weight excluding hydrogens is 404 g/mol. The Morgan fingerprint density at radius 3 is 1.81 bits per heavy atom. The van der Waals surface area contributed by atoms with E-state index >= 15 is 0 Å². The number of nitrogens with two attached hydrogens (primary N) is 3. The summed E-state index contributed by atoms with van der Waals surface area (Å²) >= 11 is 0. The standard InChI is InChI=1S/C20H40N6O5/c1-12(2)16(19(29)24-13(3)20(30)31)26-18(28)15(9-5-7-11-22)25-17(27)14(23)8-4-6-10-21/h12-16H,4-11,21-23H2,1-3H3,(H,24,29)(H,25,27)(H,26,28)(H,30,31). The van der Waals surface area contributed by atoms with Gasteiger partial charge >= 0.3 is 5.97 Å². The van der Waals surface area contributed by atoms with E-state index in [1.807, 2.05) is 0 Å². The van der Waals surface area contributed by atoms with E-state index in [-0.39, 0.29) is 5.92 Å². The van der Waals surface area contributed by atoms with Gasteiger partial charge in [0.05, 0.1) is 6.04 Å². The third-order valence-corrected chi connectivity index (χ3v) is 4.86. The third kappa shape index (κ3) is 11.7. The second-order valence-electron chi connectivity index (χ2n) is 8.04. The molecule has 4 unspecified atom stereocenters. The molecule has 0 aliphatic heterocycles. The zero-order valence-corrected chi connectivity index (χ0v) is 18.9. The van der Waals surface area contributed by atoms with Gasteiger partial charge in [-0.2, -0.15) is 0 Å². The average Bonchev–Trinajstić information content (AvgIpc) is 2.70. The van der Waals surface area contributed by atoms with Crippen molar-refractivity contribution >= 4 is 23.7 Å². The molecule has 0 aromatic rings. The summed E-state index contributed by atoms with van der Waals surface area (Å²) in [5.41, 5.74) is 16.9. The average molecular weight is 445 g/mol. The quantitative estimate of drug-likeness (QED) is 0.143. The predicted molar refractivity (Wildman–Crippen MR) is 118 cm³/mol. The van der Waals surface area contributed by atoms with Gasteiger partial charge in [-0.25, -0.2) is 0 Å². The number of hydrogen-bond acceptors (Lipinski definition) is 7. The molecule has 0 bridgehead atoms. The van der Waals surface area contributed by atoms with Crippen LogP contribution in [0, 0.1) is 5.92 Å². The van der Waals surface area contributed by atoms with Crippen LogP contribution in [0.2, 0.25) is 0 Å². The molecule has 31 heavy (non-hydrogen) atoms. The normalized spacial score (nSPS) is 14.9. The molecule has 0 aromatic carbocycles. The van der Waals surface area contributed by atoms with Gasteiger partial charge < -0.3 is 38.3 Å². The summed E-state index contributed by atoms with van der Waals surface area (Å²) in [6.07, 6.45) is 3.51. The topological polar surface area (TPSA) is 203 Å². The highest BCUT2D eigenvalue weighted by molar-refractivity contribution is 5.94. The number of carbonyl (C=O) groups is 4. The Morgan fingerprint density at radius 2 is 1.32 bits per heavy atom. The van der Waals surface area contributed by atoms with Crippen LogP contribution < -0.4 is 33.2 Å². The van der Waals surface area contributed by atoms with Crippen molar-refractivity contribution in [3.8, 4) is 0 Å². The molecule has 11 nitrogen and oxygen atoms in total. The molecule has 0 radical (unpaired) electrons. The smallest absolute Gasteiger partial charge is 0.325 e. The van der Waals surface area contributed by atoms with E-state index in [9.17, 15) is 19.2 Å². The van der Waals surface area contributed by atoms with E-state index in [0.717, 1.165) is 6.42 Å². The van der Waals surface area contributed by atoms with Crippen molar-refractivity contribution < 1.29 is 24.3 Å². The van der Waals surface area contributed by atoms with Gasteiger partial charge in [0.15, 0.2) is 0 Å². The number of carboxylic acid groups (broad SMARTS) is 1. The lowest BCUT2D eigenvalue weighted by Crippen LogP contribution is -2.58. The van der Waals surface area contributed by atoms with Crippen LogP contribution in [0.1, 0.15) is 59.3 Å². The summed E-state index contributed by atoms with van der Waals surface area (Å²) in [6.45, 7) is 5.75. The second kappa shape index (κ2) is 15.5. The Kier molecular flexibility index (Phi) is 14.4. The van der Waals surface area contributed by atoms with Gasteiger partial charge in [-0.15, -0.1) is 0 Å².